The maximum Gasteiger partial charge on any atom is 0.0438 e. The standard InChI is InChI=1S/C16H18ClNS/c1-11-3-7-14(8-4-11)19-10-16(18)13-6-5-12(2)15(17)9-13/h3-9,16H,10,18H2,1-2H3. The summed E-state index contributed by atoms with van der Waals surface area (Å²) < 4.78 is 0. The second kappa shape index (κ2) is 6.47. The monoisotopic (exact) mass is 291 g/mol. The van der Waals surface area contributed by atoms with Gasteiger partial charge in [-0.15, -0.1) is 11.8 Å². The second-order valence-corrected chi connectivity index (χ2v) is 6.24. The average molecular weight is 292 g/mol. The van der Waals surface area contributed by atoms with Crippen molar-refractivity contribution >= 4 is 23.4 Å². The highest BCUT2D eigenvalue weighted by Crippen LogP contribution is 2.26. The molecule has 0 fully saturated rings. The zero-order chi connectivity index (χ0) is 13.8. The zero-order valence-corrected chi connectivity index (χ0v) is 12.8. The number of benzene rings is 2. The van der Waals surface area contributed by atoms with Crippen molar-refractivity contribution < 1.29 is 0 Å². The lowest BCUT2D eigenvalue weighted by Crippen LogP contribution is -2.12. The van der Waals surface area contributed by atoms with E-state index in [1.54, 1.807) is 11.8 Å². The molecule has 2 aromatic carbocycles. The Morgan fingerprint density at radius 3 is 2.42 bits per heavy atom. The maximum absolute atomic E-state index is 6.21. The quantitative estimate of drug-likeness (QED) is 0.823. The summed E-state index contributed by atoms with van der Waals surface area (Å²) in [6.07, 6.45) is 0. The predicted octanol–water partition coefficient (Wildman–Crippen LogP) is 4.75. The third kappa shape index (κ3) is 4.00. The number of rotatable bonds is 4. The topological polar surface area (TPSA) is 26.0 Å². The number of thioether (sulfide) groups is 1. The number of hydrogen-bond donors (Lipinski definition) is 1. The molecule has 1 nitrogen and oxygen atoms in total. The Bertz CT molecular complexity index is 551. The molecule has 0 saturated heterocycles. The van der Waals surface area contributed by atoms with E-state index in [9.17, 15) is 0 Å². The predicted molar refractivity (Wildman–Crippen MR) is 85.0 cm³/mol. The lowest BCUT2D eigenvalue weighted by molar-refractivity contribution is 0.831. The van der Waals surface area contributed by atoms with E-state index in [-0.39, 0.29) is 6.04 Å². The molecule has 0 aliphatic carbocycles. The first kappa shape index (κ1) is 14.4. The zero-order valence-electron chi connectivity index (χ0n) is 11.2. The molecule has 2 N–H and O–H groups in total. The van der Waals surface area contributed by atoms with Gasteiger partial charge in [-0.05, 0) is 43.2 Å². The van der Waals surface area contributed by atoms with Crippen molar-refractivity contribution in [3.05, 3.63) is 64.2 Å². The highest BCUT2D eigenvalue weighted by atomic mass is 35.5. The van der Waals surface area contributed by atoms with Gasteiger partial charge in [-0.3, -0.25) is 0 Å². The van der Waals surface area contributed by atoms with Crippen LogP contribution < -0.4 is 5.73 Å². The first-order chi connectivity index (χ1) is 9.06. The van der Waals surface area contributed by atoms with E-state index in [2.05, 4.69) is 37.3 Å². The summed E-state index contributed by atoms with van der Waals surface area (Å²) in [5, 5.41) is 0.785. The molecule has 0 amide bonds. The number of aryl methyl sites for hydroxylation is 2. The third-order valence-electron chi connectivity index (χ3n) is 3.07. The minimum Gasteiger partial charge on any atom is -0.323 e. The largest absolute Gasteiger partial charge is 0.323 e. The Kier molecular flexibility index (Phi) is 4.92. The average Bonchev–Trinajstić information content (AvgIpc) is 2.41. The van der Waals surface area contributed by atoms with Crippen molar-refractivity contribution in [3.8, 4) is 0 Å². The normalized spacial score (nSPS) is 12.4. The molecule has 19 heavy (non-hydrogen) atoms. The van der Waals surface area contributed by atoms with Crippen LogP contribution in [0.4, 0.5) is 0 Å². The molecular weight excluding hydrogens is 274 g/mol. The molecule has 0 aromatic heterocycles. The molecule has 0 aliphatic rings. The van der Waals surface area contributed by atoms with Crippen molar-refractivity contribution in [2.24, 2.45) is 5.73 Å². The fraction of sp³-hybridized carbons (Fsp3) is 0.250. The van der Waals surface area contributed by atoms with E-state index in [4.69, 9.17) is 17.3 Å². The van der Waals surface area contributed by atoms with Crippen LogP contribution in [0.15, 0.2) is 47.4 Å². The van der Waals surface area contributed by atoms with E-state index in [0.717, 1.165) is 21.9 Å². The Balaban J connectivity index is 1.98. The first-order valence-corrected chi connectivity index (χ1v) is 7.64. The summed E-state index contributed by atoms with van der Waals surface area (Å²) in [7, 11) is 0. The molecule has 1 atom stereocenters. The van der Waals surface area contributed by atoms with Gasteiger partial charge in [0.2, 0.25) is 0 Å². The van der Waals surface area contributed by atoms with Crippen molar-refractivity contribution in [1.29, 1.82) is 0 Å². The molecule has 0 spiro atoms. The molecule has 0 aliphatic heterocycles. The molecule has 2 rings (SSSR count). The van der Waals surface area contributed by atoms with E-state index < -0.39 is 0 Å². The van der Waals surface area contributed by atoms with Gasteiger partial charge in [0.05, 0.1) is 0 Å². The van der Waals surface area contributed by atoms with E-state index >= 15 is 0 Å². The van der Waals surface area contributed by atoms with Crippen LogP contribution in [0.3, 0.4) is 0 Å². The second-order valence-electron chi connectivity index (χ2n) is 4.74. The van der Waals surface area contributed by atoms with Crippen molar-refractivity contribution in [2.75, 3.05) is 5.75 Å². The minimum absolute atomic E-state index is 0.00408. The molecule has 0 saturated carbocycles. The molecule has 1 unspecified atom stereocenters. The van der Waals surface area contributed by atoms with Gasteiger partial charge in [-0.1, -0.05) is 41.4 Å². The molecule has 0 heterocycles. The van der Waals surface area contributed by atoms with E-state index in [0.29, 0.717) is 0 Å². The molecule has 2 aromatic rings. The minimum atomic E-state index is 0.00408. The first-order valence-electron chi connectivity index (χ1n) is 6.27. The van der Waals surface area contributed by atoms with Crippen LogP contribution in [0.25, 0.3) is 0 Å². The highest BCUT2D eigenvalue weighted by Gasteiger charge is 2.08. The van der Waals surface area contributed by atoms with Gasteiger partial charge < -0.3 is 5.73 Å². The number of halogens is 1. The summed E-state index contributed by atoms with van der Waals surface area (Å²) in [5.74, 6) is 0.850. The highest BCUT2D eigenvalue weighted by molar-refractivity contribution is 7.99. The van der Waals surface area contributed by atoms with E-state index in [1.165, 1.54) is 10.5 Å². The van der Waals surface area contributed by atoms with Crippen molar-refractivity contribution in [1.82, 2.24) is 0 Å². The fourth-order valence-corrected chi connectivity index (χ4v) is 2.84. The van der Waals surface area contributed by atoms with Crippen LogP contribution in [-0.4, -0.2) is 5.75 Å². The van der Waals surface area contributed by atoms with Crippen LogP contribution in [0.1, 0.15) is 22.7 Å². The van der Waals surface area contributed by atoms with Crippen molar-refractivity contribution in [3.63, 3.8) is 0 Å². The molecule has 100 valence electrons. The Morgan fingerprint density at radius 1 is 1.11 bits per heavy atom. The van der Waals surface area contributed by atoms with Crippen LogP contribution in [-0.2, 0) is 0 Å². The number of hydrogen-bond acceptors (Lipinski definition) is 2. The number of nitrogens with two attached hydrogens (primary N) is 1. The van der Waals surface area contributed by atoms with Crippen LogP contribution in [0.5, 0.6) is 0 Å². The lowest BCUT2D eigenvalue weighted by atomic mass is 10.1. The smallest absolute Gasteiger partial charge is 0.0438 e. The summed E-state index contributed by atoms with van der Waals surface area (Å²) in [4.78, 5) is 1.25. The van der Waals surface area contributed by atoms with Gasteiger partial charge in [0.1, 0.15) is 0 Å². The molecule has 0 bridgehead atoms. The van der Waals surface area contributed by atoms with Gasteiger partial charge in [0, 0.05) is 21.7 Å². The summed E-state index contributed by atoms with van der Waals surface area (Å²) in [6.45, 7) is 4.09. The van der Waals surface area contributed by atoms with E-state index in [1.807, 2.05) is 19.1 Å². The van der Waals surface area contributed by atoms with Gasteiger partial charge in [0.25, 0.3) is 0 Å². The van der Waals surface area contributed by atoms with Crippen LogP contribution in [0, 0.1) is 13.8 Å². The van der Waals surface area contributed by atoms with Gasteiger partial charge in [-0.2, -0.15) is 0 Å². The van der Waals surface area contributed by atoms with Crippen molar-refractivity contribution in [2.45, 2.75) is 24.8 Å². The summed E-state index contributed by atoms with van der Waals surface area (Å²) in [6, 6.07) is 14.6. The SMILES string of the molecule is Cc1ccc(SCC(N)c2ccc(C)c(Cl)c2)cc1. The third-order valence-corrected chi connectivity index (χ3v) is 4.61. The van der Waals surface area contributed by atoms with Gasteiger partial charge in [-0.25, -0.2) is 0 Å². The van der Waals surface area contributed by atoms with Crippen LogP contribution in [0.2, 0.25) is 5.02 Å². The lowest BCUT2D eigenvalue weighted by Gasteiger charge is -2.13. The molecule has 3 heteroatoms. The Hall–Kier alpha value is -0.960. The summed E-state index contributed by atoms with van der Waals surface area (Å²) >= 11 is 7.90. The van der Waals surface area contributed by atoms with Gasteiger partial charge >= 0.3 is 0 Å². The fourth-order valence-electron chi connectivity index (χ4n) is 1.76. The molecular formula is C16H18ClNS. The van der Waals surface area contributed by atoms with Gasteiger partial charge in [0.15, 0.2) is 0 Å². The molecule has 0 radical (unpaired) electrons. The summed E-state index contributed by atoms with van der Waals surface area (Å²) in [5.41, 5.74) is 9.67. The van der Waals surface area contributed by atoms with Crippen LogP contribution >= 0.6 is 23.4 Å². The Labute approximate surface area is 124 Å². The maximum atomic E-state index is 6.21. The Morgan fingerprint density at radius 2 is 1.79 bits per heavy atom.